The fourth-order valence-electron chi connectivity index (χ4n) is 1.02. The van der Waals surface area contributed by atoms with Crippen molar-refractivity contribution in [3.63, 3.8) is 0 Å². The lowest BCUT2D eigenvalue weighted by atomic mass is 9.89. The highest BCUT2D eigenvalue weighted by atomic mass is 16.5. The Bertz CT molecular complexity index is 255. The number of nitrogens with two attached hydrogens (primary N) is 1. The highest BCUT2D eigenvalue weighted by Gasteiger charge is 2.20. The van der Waals surface area contributed by atoms with Crippen LogP contribution in [0.15, 0.2) is 0 Å². The van der Waals surface area contributed by atoms with Gasteiger partial charge in [-0.05, 0) is 6.42 Å². The van der Waals surface area contributed by atoms with E-state index in [-0.39, 0.29) is 36.9 Å². The van der Waals surface area contributed by atoms with E-state index in [0.717, 1.165) is 13.0 Å². The molecule has 0 aromatic rings. The van der Waals surface area contributed by atoms with Gasteiger partial charge in [0.05, 0.1) is 13.2 Å². The molecule has 0 aliphatic heterocycles. The molecule has 0 aromatic carbocycles. The van der Waals surface area contributed by atoms with Crippen LogP contribution in [0.2, 0.25) is 0 Å². The first-order valence-electron chi connectivity index (χ1n) is 7.00. The Hall–Kier alpha value is -0.740. The van der Waals surface area contributed by atoms with Crippen molar-refractivity contribution in [1.29, 1.82) is 0 Å². The summed E-state index contributed by atoms with van der Waals surface area (Å²) in [5.41, 5.74) is 4.81. The van der Waals surface area contributed by atoms with Gasteiger partial charge in [0.2, 0.25) is 0 Å². The van der Waals surface area contributed by atoms with Crippen LogP contribution >= 0.6 is 0 Å². The van der Waals surface area contributed by atoms with Crippen LogP contribution in [-0.2, 0) is 14.3 Å². The monoisotopic (exact) mass is 289 g/mol. The number of carbonyl (C=O) groups is 2. The van der Waals surface area contributed by atoms with E-state index in [1.165, 1.54) is 0 Å². The van der Waals surface area contributed by atoms with Crippen LogP contribution in [0.4, 0.5) is 0 Å². The molecule has 122 valence electrons. The number of Topliss-reactive ketones (excluding diaryl/α,β-unsaturated/α-hetero) is 2. The number of ketones is 2. The lowest BCUT2D eigenvalue weighted by Gasteiger charge is -2.16. The van der Waals surface area contributed by atoms with E-state index < -0.39 is 0 Å². The maximum atomic E-state index is 11.3. The van der Waals surface area contributed by atoms with Gasteiger partial charge >= 0.3 is 0 Å². The third-order valence-electron chi connectivity index (χ3n) is 2.50. The largest absolute Gasteiger partial charge is 0.381 e. The second-order valence-electron chi connectivity index (χ2n) is 5.86. The van der Waals surface area contributed by atoms with Gasteiger partial charge in [0.25, 0.3) is 0 Å². The number of ether oxygens (including phenoxy) is 1. The predicted molar refractivity (Wildman–Crippen MR) is 85.8 cm³/mol. The molecule has 0 atom stereocenters. The zero-order valence-corrected chi connectivity index (χ0v) is 13.4. The fourth-order valence-corrected chi connectivity index (χ4v) is 1.02. The highest BCUT2D eigenvalue weighted by molar-refractivity contribution is 5.83. The van der Waals surface area contributed by atoms with E-state index in [9.17, 15) is 9.59 Å². The van der Waals surface area contributed by atoms with Gasteiger partial charge in [-0.25, -0.2) is 0 Å². The zero-order chi connectivity index (χ0) is 15.5. The van der Waals surface area contributed by atoms with Crippen LogP contribution in [0.3, 0.4) is 0 Å². The van der Waals surface area contributed by atoms with E-state index in [2.05, 4.69) is 6.92 Å². The Balaban J connectivity index is -0.000000312. The van der Waals surface area contributed by atoms with Crippen molar-refractivity contribution in [2.75, 3.05) is 19.8 Å². The second-order valence-corrected chi connectivity index (χ2v) is 5.86. The minimum absolute atomic E-state index is 0. The average Bonchev–Trinajstić information content (AvgIpc) is 2.32. The quantitative estimate of drug-likeness (QED) is 0.731. The Morgan fingerprint density at radius 3 is 1.90 bits per heavy atom. The molecule has 4 nitrogen and oxygen atoms in total. The Morgan fingerprint density at radius 2 is 1.65 bits per heavy atom. The third kappa shape index (κ3) is 15.3. The summed E-state index contributed by atoms with van der Waals surface area (Å²) in [6, 6.07) is 0. The van der Waals surface area contributed by atoms with Gasteiger partial charge in [0.15, 0.2) is 0 Å². The lowest BCUT2D eigenvalue weighted by Crippen LogP contribution is -2.21. The third-order valence-corrected chi connectivity index (χ3v) is 2.50. The molecule has 4 heteroatoms. The van der Waals surface area contributed by atoms with Crippen molar-refractivity contribution >= 4 is 11.6 Å². The van der Waals surface area contributed by atoms with E-state index in [1.54, 1.807) is 0 Å². The number of hydrogen-bond acceptors (Lipinski definition) is 4. The molecule has 20 heavy (non-hydrogen) atoms. The molecule has 0 fully saturated rings. The summed E-state index contributed by atoms with van der Waals surface area (Å²) >= 11 is 0. The molecule has 0 radical (unpaired) electrons. The van der Waals surface area contributed by atoms with Crippen LogP contribution in [0.1, 0.15) is 61.8 Å². The minimum atomic E-state index is -0.213. The number of hydrogen-bond donors (Lipinski definition) is 1. The molecule has 0 aliphatic carbocycles. The molecule has 0 bridgehead atoms. The van der Waals surface area contributed by atoms with Crippen LogP contribution < -0.4 is 5.73 Å². The van der Waals surface area contributed by atoms with Gasteiger partial charge in [-0.3, -0.25) is 9.59 Å². The van der Waals surface area contributed by atoms with Crippen LogP contribution in [0.5, 0.6) is 0 Å². The van der Waals surface area contributed by atoms with Crippen LogP contribution in [0, 0.1) is 11.3 Å². The molecule has 0 aliphatic rings. The molecule has 0 saturated heterocycles. The lowest BCUT2D eigenvalue weighted by molar-refractivity contribution is -0.127. The van der Waals surface area contributed by atoms with Gasteiger partial charge in [-0.2, -0.15) is 0 Å². The summed E-state index contributed by atoms with van der Waals surface area (Å²) in [5.74, 6) is 0.503. The van der Waals surface area contributed by atoms with Crippen LogP contribution in [0.25, 0.3) is 0 Å². The molecule has 2 N–H and O–H groups in total. The van der Waals surface area contributed by atoms with Gasteiger partial charge in [-0.1, -0.05) is 49.0 Å². The smallest absolute Gasteiger partial charge is 0.148 e. The van der Waals surface area contributed by atoms with E-state index in [4.69, 9.17) is 10.5 Å². The molecule has 0 heterocycles. The van der Waals surface area contributed by atoms with Crippen molar-refractivity contribution in [2.24, 2.45) is 17.1 Å². The number of rotatable bonds is 7. The normalized spacial score (nSPS) is 10.4. The Morgan fingerprint density at radius 1 is 1.15 bits per heavy atom. The first kappa shape index (κ1) is 24.3. The molecule has 0 spiro atoms. The van der Waals surface area contributed by atoms with Crippen molar-refractivity contribution in [3.05, 3.63) is 0 Å². The van der Waals surface area contributed by atoms with E-state index >= 15 is 0 Å². The van der Waals surface area contributed by atoms with Gasteiger partial charge in [-0.15, -0.1) is 0 Å². The molecular weight excluding hydrogens is 254 g/mol. The summed E-state index contributed by atoms with van der Waals surface area (Å²) < 4.78 is 5.23. The first-order chi connectivity index (χ1) is 8.66. The topological polar surface area (TPSA) is 69.4 Å². The summed E-state index contributed by atoms with van der Waals surface area (Å²) in [5, 5.41) is 0. The summed E-state index contributed by atoms with van der Waals surface area (Å²) in [4.78, 5) is 21.7. The maximum absolute atomic E-state index is 11.3. The molecule has 0 aromatic heterocycles. The zero-order valence-electron chi connectivity index (χ0n) is 13.4. The Labute approximate surface area is 125 Å². The van der Waals surface area contributed by atoms with E-state index in [0.29, 0.717) is 13.0 Å². The Kier molecular flexibility index (Phi) is 16.1. The van der Waals surface area contributed by atoms with Gasteiger partial charge < -0.3 is 10.5 Å². The van der Waals surface area contributed by atoms with Crippen molar-refractivity contribution in [2.45, 2.75) is 61.8 Å². The maximum Gasteiger partial charge on any atom is 0.148 e. The van der Waals surface area contributed by atoms with Crippen molar-refractivity contribution in [1.82, 2.24) is 0 Å². The minimum Gasteiger partial charge on any atom is -0.381 e. The standard InChI is InChI=1S/C10H20O2.C5H11NO.CH4/c1-5-7-12-8-6-9(11)10(2,3)4;1-4(2)5(7)3-6;/h5-8H2,1-4H3;4H,3,6H2,1-2H3;1H4. The summed E-state index contributed by atoms with van der Waals surface area (Å²) in [6.45, 7) is 13.1. The molecule has 0 amide bonds. The number of carbonyl (C=O) groups excluding carboxylic acids is 2. The first-order valence-corrected chi connectivity index (χ1v) is 7.00. The highest BCUT2D eigenvalue weighted by Crippen LogP contribution is 2.16. The van der Waals surface area contributed by atoms with Gasteiger partial charge in [0.1, 0.15) is 11.6 Å². The van der Waals surface area contributed by atoms with Crippen molar-refractivity contribution in [3.8, 4) is 0 Å². The van der Waals surface area contributed by atoms with Gasteiger partial charge in [0, 0.05) is 24.4 Å². The predicted octanol–water partition coefficient (Wildman–Crippen LogP) is 3.22. The second kappa shape index (κ2) is 13.3. The molecule has 0 rings (SSSR count). The molecule has 0 saturated carbocycles. The molecule has 0 unspecified atom stereocenters. The SMILES string of the molecule is C.CC(C)C(=O)CN.CCCOCCC(=O)C(C)(C)C. The molecular formula is C16H35NO3. The average molecular weight is 289 g/mol. The summed E-state index contributed by atoms with van der Waals surface area (Å²) in [6.07, 6.45) is 1.56. The van der Waals surface area contributed by atoms with Crippen molar-refractivity contribution < 1.29 is 14.3 Å². The summed E-state index contributed by atoms with van der Waals surface area (Å²) in [7, 11) is 0. The van der Waals surface area contributed by atoms with E-state index in [1.807, 2.05) is 34.6 Å². The fraction of sp³-hybridized carbons (Fsp3) is 0.875. The van der Waals surface area contributed by atoms with Crippen LogP contribution in [-0.4, -0.2) is 31.3 Å².